The van der Waals surface area contributed by atoms with Gasteiger partial charge in [-0.05, 0) is 24.3 Å². The van der Waals surface area contributed by atoms with E-state index in [9.17, 15) is 4.39 Å². The molecule has 108 valence electrons. The highest BCUT2D eigenvalue weighted by molar-refractivity contribution is 5.75. The second-order valence-corrected chi connectivity index (χ2v) is 4.91. The van der Waals surface area contributed by atoms with E-state index in [4.69, 9.17) is 0 Å². The number of aromatic nitrogens is 5. The Labute approximate surface area is 125 Å². The maximum absolute atomic E-state index is 13.7. The predicted molar refractivity (Wildman–Crippen MR) is 80.6 cm³/mol. The number of H-pyrrole nitrogens is 1. The van der Waals surface area contributed by atoms with Gasteiger partial charge in [0.2, 0.25) is 0 Å². The maximum atomic E-state index is 13.7. The van der Waals surface area contributed by atoms with Crippen molar-refractivity contribution in [2.75, 3.05) is 0 Å². The third kappa shape index (κ3) is 2.14. The Morgan fingerprint density at radius 2 is 2.00 bits per heavy atom. The molecular formula is C16H12FN5. The number of hydrogen-bond donors (Lipinski definition) is 1. The Morgan fingerprint density at radius 3 is 2.82 bits per heavy atom. The van der Waals surface area contributed by atoms with Gasteiger partial charge in [0.25, 0.3) is 0 Å². The molecule has 4 rings (SSSR count). The van der Waals surface area contributed by atoms with Crippen LogP contribution < -0.4 is 0 Å². The molecule has 0 aliphatic carbocycles. The van der Waals surface area contributed by atoms with Crippen molar-refractivity contribution < 1.29 is 4.39 Å². The van der Waals surface area contributed by atoms with Crippen LogP contribution in [0.5, 0.6) is 0 Å². The third-order valence-electron chi connectivity index (χ3n) is 3.44. The number of para-hydroxylation sites is 1. The fourth-order valence-corrected chi connectivity index (χ4v) is 2.45. The number of aromatic amines is 1. The number of fused-ring (bicyclic) bond motifs is 1. The average Bonchev–Trinajstić information content (AvgIpc) is 3.16. The predicted octanol–water partition coefficient (Wildman–Crippen LogP) is 3.01. The standard InChI is InChI=1S/C16H12FN5/c17-11-4-3-6-12-15(11)21-14(20-12)10-22-9-8-19-16(22)13-5-1-2-7-18-13/h1-9H,10H2,(H,20,21). The third-order valence-corrected chi connectivity index (χ3v) is 3.44. The first-order valence-electron chi connectivity index (χ1n) is 6.87. The Morgan fingerprint density at radius 1 is 1.05 bits per heavy atom. The summed E-state index contributed by atoms with van der Waals surface area (Å²) in [6, 6.07) is 10.6. The summed E-state index contributed by atoms with van der Waals surface area (Å²) in [5.74, 6) is 1.10. The number of halogens is 1. The lowest BCUT2D eigenvalue weighted by molar-refractivity contribution is 0.636. The quantitative estimate of drug-likeness (QED) is 0.631. The Kier molecular flexibility index (Phi) is 2.93. The molecule has 0 aliphatic rings. The zero-order valence-electron chi connectivity index (χ0n) is 11.6. The molecule has 22 heavy (non-hydrogen) atoms. The molecule has 0 amide bonds. The van der Waals surface area contributed by atoms with Crippen molar-refractivity contribution in [3.63, 3.8) is 0 Å². The van der Waals surface area contributed by atoms with Crippen LogP contribution in [0.25, 0.3) is 22.6 Å². The summed E-state index contributed by atoms with van der Waals surface area (Å²) in [5, 5.41) is 0. The normalized spacial score (nSPS) is 11.1. The van der Waals surface area contributed by atoms with Gasteiger partial charge < -0.3 is 9.55 Å². The average molecular weight is 293 g/mol. The van der Waals surface area contributed by atoms with Crippen LogP contribution >= 0.6 is 0 Å². The number of hydrogen-bond acceptors (Lipinski definition) is 3. The zero-order valence-corrected chi connectivity index (χ0v) is 11.6. The van der Waals surface area contributed by atoms with Crippen molar-refractivity contribution in [2.45, 2.75) is 6.54 Å². The van der Waals surface area contributed by atoms with Gasteiger partial charge >= 0.3 is 0 Å². The smallest absolute Gasteiger partial charge is 0.159 e. The van der Waals surface area contributed by atoms with Crippen LogP contribution in [0.3, 0.4) is 0 Å². The SMILES string of the molecule is Fc1cccc2[nH]c(Cn3ccnc3-c3ccccn3)nc12. The van der Waals surface area contributed by atoms with Crippen LogP contribution in [0.4, 0.5) is 4.39 Å². The maximum Gasteiger partial charge on any atom is 0.159 e. The molecule has 6 heteroatoms. The molecule has 0 radical (unpaired) electrons. The van der Waals surface area contributed by atoms with E-state index >= 15 is 0 Å². The van der Waals surface area contributed by atoms with Gasteiger partial charge in [-0.2, -0.15) is 0 Å². The minimum Gasteiger partial charge on any atom is -0.340 e. The van der Waals surface area contributed by atoms with Gasteiger partial charge in [-0.3, -0.25) is 4.98 Å². The molecular weight excluding hydrogens is 281 g/mol. The monoisotopic (exact) mass is 293 g/mol. The van der Waals surface area contributed by atoms with E-state index in [0.29, 0.717) is 23.4 Å². The van der Waals surface area contributed by atoms with E-state index < -0.39 is 0 Å². The lowest BCUT2D eigenvalue weighted by Gasteiger charge is -2.05. The molecule has 3 aromatic heterocycles. The van der Waals surface area contributed by atoms with E-state index in [-0.39, 0.29) is 5.82 Å². The number of nitrogens with one attached hydrogen (secondary N) is 1. The van der Waals surface area contributed by atoms with Crippen LogP contribution in [0.15, 0.2) is 55.0 Å². The Bertz CT molecular complexity index is 926. The van der Waals surface area contributed by atoms with Crippen LogP contribution in [0.1, 0.15) is 5.82 Å². The number of imidazole rings is 2. The molecule has 0 saturated heterocycles. The molecule has 3 heterocycles. The van der Waals surface area contributed by atoms with Crippen molar-refractivity contribution in [1.82, 2.24) is 24.5 Å². The summed E-state index contributed by atoms with van der Waals surface area (Å²) in [5.41, 5.74) is 1.83. The van der Waals surface area contributed by atoms with Crippen molar-refractivity contribution in [3.05, 3.63) is 66.6 Å². The number of nitrogens with zero attached hydrogens (tertiary/aromatic N) is 4. The summed E-state index contributed by atoms with van der Waals surface area (Å²) in [7, 11) is 0. The van der Waals surface area contributed by atoms with Crippen molar-refractivity contribution >= 4 is 11.0 Å². The summed E-state index contributed by atoms with van der Waals surface area (Å²) >= 11 is 0. The zero-order chi connectivity index (χ0) is 14.9. The van der Waals surface area contributed by atoms with E-state index in [1.807, 2.05) is 35.0 Å². The van der Waals surface area contributed by atoms with Crippen molar-refractivity contribution in [1.29, 1.82) is 0 Å². The summed E-state index contributed by atoms with van der Waals surface area (Å²) in [6.45, 7) is 0.472. The molecule has 0 bridgehead atoms. The fraction of sp³-hybridized carbons (Fsp3) is 0.0625. The van der Waals surface area contributed by atoms with E-state index in [1.165, 1.54) is 6.07 Å². The molecule has 0 fully saturated rings. The summed E-state index contributed by atoms with van der Waals surface area (Å²) < 4.78 is 15.6. The molecule has 0 unspecified atom stereocenters. The van der Waals surface area contributed by atoms with Crippen LogP contribution in [-0.4, -0.2) is 24.5 Å². The van der Waals surface area contributed by atoms with Gasteiger partial charge in [0.05, 0.1) is 12.1 Å². The first-order chi connectivity index (χ1) is 10.8. The van der Waals surface area contributed by atoms with Gasteiger partial charge in [0.1, 0.15) is 17.0 Å². The Hall–Kier alpha value is -3.02. The van der Waals surface area contributed by atoms with Crippen LogP contribution in [0, 0.1) is 5.82 Å². The molecule has 0 aliphatic heterocycles. The van der Waals surface area contributed by atoms with E-state index in [1.54, 1.807) is 18.5 Å². The Balaban J connectivity index is 1.72. The van der Waals surface area contributed by atoms with Crippen molar-refractivity contribution in [2.24, 2.45) is 0 Å². The second kappa shape index (κ2) is 5.07. The van der Waals surface area contributed by atoms with E-state index in [0.717, 1.165) is 11.5 Å². The van der Waals surface area contributed by atoms with Crippen LogP contribution in [0.2, 0.25) is 0 Å². The molecule has 0 saturated carbocycles. The van der Waals surface area contributed by atoms with Gasteiger partial charge in [-0.15, -0.1) is 0 Å². The van der Waals surface area contributed by atoms with E-state index in [2.05, 4.69) is 19.9 Å². The molecule has 1 aromatic carbocycles. The lowest BCUT2D eigenvalue weighted by Crippen LogP contribution is -2.03. The van der Waals surface area contributed by atoms with Gasteiger partial charge in [-0.1, -0.05) is 12.1 Å². The minimum atomic E-state index is -0.324. The first-order valence-corrected chi connectivity index (χ1v) is 6.87. The molecule has 0 spiro atoms. The fourth-order valence-electron chi connectivity index (χ4n) is 2.45. The number of rotatable bonds is 3. The summed E-state index contributed by atoms with van der Waals surface area (Å²) in [6.07, 6.45) is 5.30. The highest BCUT2D eigenvalue weighted by Gasteiger charge is 2.11. The molecule has 1 N–H and O–H groups in total. The second-order valence-electron chi connectivity index (χ2n) is 4.91. The topological polar surface area (TPSA) is 59.4 Å². The van der Waals surface area contributed by atoms with Gasteiger partial charge in [0, 0.05) is 18.6 Å². The largest absolute Gasteiger partial charge is 0.340 e. The number of pyridine rings is 1. The minimum absolute atomic E-state index is 0.324. The first kappa shape index (κ1) is 12.7. The van der Waals surface area contributed by atoms with Gasteiger partial charge in [0.15, 0.2) is 11.6 Å². The van der Waals surface area contributed by atoms with Gasteiger partial charge in [-0.25, -0.2) is 14.4 Å². The van der Waals surface area contributed by atoms with Crippen LogP contribution in [-0.2, 0) is 6.54 Å². The highest BCUT2D eigenvalue weighted by Crippen LogP contribution is 2.18. The molecule has 0 atom stereocenters. The van der Waals surface area contributed by atoms with Crippen molar-refractivity contribution in [3.8, 4) is 11.5 Å². The summed E-state index contributed by atoms with van der Waals surface area (Å²) in [4.78, 5) is 16.1. The molecule has 4 aromatic rings. The molecule has 5 nitrogen and oxygen atoms in total. The highest BCUT2D eigenvalue weighted by atomic mass is 19.1. The lowest BCUT2D eigenvalue weighted by atomic mass is 10.3. The number of benzene rings is 1.